The third-order valence-corrected chi connectivity index (χ3v) is 5.24. The van der Waals surface area contributed by atoms with Crippen molar-refractivity contribution >= 4 is 15.7 Å². The Kier molecular flexibility index (Phi) is 4.88. The second kappa shape index (κ2) is 6.31. The predicted octanol–water partition coefficient (Wildman–Crippen LogP) is 0.572. The Bertz CT molecular complexity index is 565. The van der Waals surface area contributed by atoms with Gasteiger partial charge in [-0.1, -0.05) is 0 Å². The fourth-order valence-electron chi connectivity index (χ4n) is 2.44. The van der Waals surface area contributed by atoms with Crippen LogP contribution in [0.3, 0.4) is 0 Å². The summed E-state index contributed by atoms with van der Waals surface area (Å²) in [4.78, 5) is 2.16. The van der Waals surface area contributed by atoms with Crippen molar-refractivity contribution in [3.05, 3.63) is 24.3 Å². The molecule has 1 saturated heterocycles. The standard InChI is InChI=1S/C14H22N2O4S/c1-15-21(18,19)13-5-3-12(4-6-13)16(2)11-14(17)7-9-20-10-8-14/h3-6,15,17H,7-11H2,1-2H3. The van der Waals surface area contributed by atoms with Gasteiger partial charge in [-0.25, -0.2) is 13.1 Å². The molecule has 0 atom stereocenters. The van der Waals surface area contributed by atoms with E-state index in [0.717, 1.165) is 5.69 Å². The van der Waals surface area contributed by atoms with E-state index in [-0.39, 0.29) is 4.90 Å². The summed E-state index contributed by atoms with van der Waals surface area (Å²) in [5.41, 5.74) is 0.118. The third kappa shape index (κ3) is 3.94. The second-order valence-corrected chi connectivity index (χ2v) is 7.28. The van der Waals surface area contributed by atoms with Crippen LogP contribution in [-0.2, 0) is 14.8 Å². The number of rotatable bonds is 5. The van der Waals surface area contributed by atoms with Crippen LogP contribution in [0.4, 0.5) is 5.69 Å². The van der Waals surface area contributed by atoms with E-state index in [1.165, 1.54) is 7.05 Å². The first kappa shape index (κ1) is 16.2. The molecule has 0 amide bonds. The lowest BCUT2D eigenvalue weighted by molar-refractivity contribution is -0.0572. The van der Waals surface area contributed by atoms with Gasteiger partial charge in [-0.2, -0.15) is 0 Å². The Balaban J connectivity index is 2.08. The van der Waals surface area contributed by atoms with E-state index < -0.39 is 15.6 Å². The number of benzene rings is 1. The summed E-state index contributed by atoms with van der Waals surface area (Å²) in [6.45, 7) is 1.64. The average molecular weight is 314 g/mol. The molecule has 21 heavy (non-hydrogen) atoms. The first-order valence-corrected chi connectivity index (χ1v) is 8.39. The summed E-state index contributed by atoms with van der Waals surface area (Å²) in [6, 6.07) is 6.61. The molecule has 2 rings (SSSR count). The van der Waals surface area contributed by atoms with Crippen LogP contribution >= 0.6 is 0 Å². The first-order valence-electron chi connectivity index (χ1n) is 6.91. The number of anilines is 1. The first-order chi connectivity index (χ1) is 9.86. The van der Waals surface area contributed by atoms with Gasteiger partial charge in [0.2, 0.25) is 10.0 Å². The van der Waals surface area contributed by atoms with Crippen molar-refractivity contribution in [1.29, 1.82) is 0 Å². The highest BCUT2D eigenvalue weighted by atomic mass is 32.2. The van der Waals surface area contributed by atoms with Gasteiger partial charge in [-0.15, -0.1) is 0 Å². The minimum atomic E-state index is -3.41. The normalized spacial score (nSPS) is 18.4. The lowest BCUT2D eigenvalue weighted by Crippen LogP contribution is -2.45. The van der Waals surface area contributed by atoms with Gasteiger partial charge in [0.1, 0.15) is 0 Å². The summed E-state index contributed by atoms with van der Waals surface area (Å²) < 4.78 is 30.9. The number of nitrogens with one attached hydrogen (secondary N) is 1. The number of hydrogen-bond donors (Lipinski definition) is 2. The smallest absolute Gasteiger partial charge is 0.240 e. The van der Waals surface area contributed by atoms with E-state index in [1.54, 1.807) is 24.3 Å². The molecule has 7 heteroatoms. The molecule has 0 aliphatic carbocycles. The molecular formula is C14H22N2O4S. The third-order valence-electron chi connectivity index (χ3n) is 3.81. The summed E-state index contributed by atoms with van der Waals surface area (Å²) in [7, 11) is -0.145. The Morgan fingerprint density at radius 3 is 2.38 bits per heavy atom. The minimum absolute atomic E-state index is 0.229. The van der Waals surface area contributed by atoms with Gasteiger partial charge in [0, 0.05) is 45.3 Å². The van der Waals surface area contributed by atoms with Gasteiger partial charge >= 0.3 is 0 Å². The highest BCUT2D eigenvalue weighted by molar-refractivity contribution is 7.89. The number of sulfonamides is 1. The zero-order valence-electron chi connectivity index (χ0n) is 12.4. The molecule has 0 aromatic heterocycles. The Morgan fingerprint density at radius 2 is 1.86 bits per heavy atom. The van der Waals surface area contributed by atoms with Crippen molar-refractivity contribution < 1.29 is 18.3 Å². The lowest BCUT2D eigenvalue weighted by Gasteiger charge is -2.36. The molecule has 2 N–H and O–H groups in total. The molecule has 1 aromatic rings. The van der Waals surface area contributed by atoms with Crippen LogP contribution in [0.25, 0.3) is 0 Å². The number of nitrogens with zero attached hydrogens (tertiary/aromatic N) is 1. The van der Waals surface area contributed by atoms with Crippen LogP contribution < -0.4 is 9.62 Å². The molecule has 6 nitrogen and oxygen atoms in total. The summed E-state index contributed by atoms with van der Waals surface area (Å²) in [6.07, 6.45) is 1.23. The molecule has 1 heterocycles. The van der Waals surface area contributed by atoms with Crippen molar-refractivity contribution in [3.63, 3.8) is 0 Å². The van der Waals surface area contributed by atoms with Crippen LogP contribution in [0.15, 0.2) is 29.2 Å². The average Bonchev–Trinajstić information content (AvgIpc) is 2.47. The quantitative estimate of drug-likeness (QED) is 0.831. The molecule has 118 valence electrons. The van der Waals surface area contributed by atoms with Crippen molar-refractivity contribution in [2.75, 3.05) is 38.8 Å². The molecule has 1 fully saturated rings. The van der Waals surface area contributed by atoms with Gasteiger partial charge < -0.3 is 14.7 Å². The number of aliphatic hydroxyl groups is 1. The Hall–Kier alpha value is -1.15. The predicted molar refractivity (Wildman–Crippen MR) is 81.0 cm³/mol. The van der Waals surface area contributed by atoms with Crippen molar-refractivity contribution in [3.8, 4) is 0 Å². The van der Waals surface area contributed by atoms with Gasteiger partial charge in [-0.05, 0) is 31.3 Å². The van der Waals surface area contributed by atoms with Gasteiger partial charge in [0.25, 0.3) is 0 Å². The zero-order chi connectivity index (χ0) is 15.5. The summed E-state index contributed by atoms with van der Waals surface area (Å²) >= 11 is 0. The topological polar surface area (TPSA) is 78.9 Å². The fraction of sp³-hybridized carbons (Fsp3) is 0.571. The van der Waals surface area contributed by atoms with E-state index in [1.807, 2.05) is 11.9 Å². The summed E-state index contributed by atoms with van der Waals surface area (Å²) in [5.74, 6) is 0. The molecule has 0 bridgehead atoms. The van der Waals surface area contributed by atoms with Crippen molar-refractivity contribution in [2.24, 2.45) is 0 Å². The summed E-state index contributed by atoms with van der Waals surface area (Å²) in [5, 5.41) is 10.5. The highest BCUT2D eigenvalue weighted by Crippen LogP contribution is 2.24. The number of likely N-dealkylation sites (N-methyl/N-ethyl adjacent to an activating group) is 1. The zero-order valence-corrected chi connectivity index (χ0v) is 13.2. The second-order valence-electron chi connectivity index (χ2n) is 5.39. The van der Waals surface area contributed by atoms with Crippen LogP contribution in [0.2, 0.25) is 0 Å². The number of ether oxygens (including phenoxy) is 1. The molecule has 1 aliphatic rings. The van der Waals surface area contributed by atoms with E-state index in [9.17, 15) is 13.5 Å². The Labute approximate surface area is 125 Å². The van der Waals surface area contributed by atoms with E-state index >= 15 is 0 Å². The molecule has 0 radical (unpaired) electrons. The van der Waals surface area contributed by atoms with Crippen LogP contribution in [0.1, 0.15) is 12.8 Å². The van der Waals surface area contributed by atoms with Crippen LogP contribution in [-0.4, -0.2) is 53.0 Å². The van der Waals surface area contributed by atoms with E-state index in [0.29, 0.717) is 32.6 Å². The van der Waals surface area contributed by atoms with Crippen molar-refractivity contribution in [1.82, 2.24) is 4.72 Å². The molecule has 1 aromatic carbocycles. The van der Waals surface area contributed by atoms with E-state index in [4.69, 9.17) is 4.74 Å². The molecule has 0 saturated carbocycles. The van der Waals surface area contributed by atoms with Crippen LogP contribution in [0, 0.1) is 0 Å². The Morgan fingerprint density at radius 1 is 1.29 bits per heavy atom. The molecule has 0 unspecified atom stereocenters. The van der Waals surface area contributed by atoms with E-state index in [2.05, 4.69) is 4.72 Å². The number of hydrogen-bond acceptors (Lipinski definition) is 5. The fourth-order valence-corrected chi connectivity index (χ4v) is 3.17. The highest BCUT2D eigenvalue weighted by Gasteiger charge is 2.31. The maximum atomic E-state index is 11.7. The molecular weight excluding hydrogens is 292 g/mol. The van der Waals surface area contributed by atoms with Gasteiger partial charge in [0.15, 0.2) is 0 Å². The molecule has 1 aliphatic heterocycles. The minimum Gasteiger partial charge on any atom is -0.388 e. The maximum absolute atomic E-state index is 11.7. The van der Waals surface area contributed by atoms with Crippen molar-refractivity contribution in [2.45, 2.75) is 23.3 Å². The molecule has 0 spiro atoms. The largest absolute Gasteiger partial charge is 0.388 e. The lowest BCUT2D eigenvalue weighted by atomic mass is 9.94. The van der Waals surface area contributed by atoms with Gasteiger partial charge in [0.05, 0.1) is 10.5 Å². The SMILES string of the molecule is CNS(=O)(=O)c1ccc(N(C)CC2(O)CCOCC2)cc1. The monoisotopic (exact) mass is 314 g/mol. The van der Waals surface area contributed by atoms with Gasteiger partial charge in [-0.3, -0.25) is 0 Å². The van der Waals surface area contributed by atoms with Crippen LogP contribution in [0.5, 0.6) is 0 Å². The maximum Gasteiger partial charge on any atom is 0.240 e.